The monoisotopic (exact) mass is 399 g/mol. The topological polar surface area (TPSA) is 44.3 Å². The Kier molecular flexibility index (Phi) is 6.72. The Bertz CT molecular complexity index is 945. The third-order valence-corrected chi connectivity index (χ3v) is 5.42. The van der Waals surface area contributed by atoms with Crippen LogP contribution in [0.1, 0.15) is 16.7 Å². The first-order valence-corrected chi connectivity index (χ1v) is 10.6. The number of rotatable bonds is 7. The summed E-state index contributed by atoms with van der Waals surface area (Å²) in [5, 5.41) is 3.41. The van der Waals surface area contributed by atoms with Crippen molar-refractivity contribution in [2.24, 2.45) is 0 Å². The van der Waals surface area contributed by atoms with Crippen LogP contribution in [-0.2, 0) is 6.54 Å². The van der Waals surface area contributed by atoms with Gasteiger partial charge in [0, 0.05) is 45.3 Å². The van der Waals surface area contributed by atoms with Crippen LogP contribution in [0.15, 0.2) is 73.1 Å². The minimum absolute atomic E-state index is 0.762. The molecule has 1 aromatic heterocycles. The van der Waals surface area contributed by atoms with Crippen molar-refractivity contribution in [3.05, 3.63) is 89.8 Å². The molecule has 5 heteroatoms. The fourth-order valence-electron chi connectivity index (χ4n) is 3.58. The molecule has 2 aromatic carbocycles. The van der Waals surface area contributed by atoms with Gasteiger partial charge in [-0.1, -0.05) is 72.3 Å². The van der Waals surface area contributed by atoms with Crippen molar-refractivity contribution in [2.75, 3.05) is 42.9 Å². The molecule has 30 heavy (non-hydrogen) atoms. The number of hydrogen-bond acceptors (Lipinski definition) is 5. The maximum absolute atomic E-state index is 4.50. The third kappa shape index (κ3) is 5.67. The van der Waals surface area contributed by atoms with E-state index in [0.29, 0.717) is 0 Å². The van der Waals surface area contributed by atoms with Gasteiger partial charge in [0.15, 0.2) is 0 Å². The molecule has 5 nitrogen and oxygen atoms in total. The molecular formula is C25H29N5. The Morgan fingerprint density at radius 3 is 2.47 bits per heavy atom. The summed E-state index contributed by atoms with van der Waals surface area (Å²) in [6.07, 6.45) is 6.10. The summed E-state index contributed by atoms with van der Waals surface area (Å²) >= 11 is 0. The zero-order chi connectivity index (χ0) is 20.6. The molecule has 4 rings (SSSR count). The van der Waals surface area contributed by atoms with E-state index < -0.39 is 0 Å². The highest BCUT2D eigenvalue weighted by molar-refractivity contribution is 5.50. The van der Waals surface area contributed by atoms with Crippen molar-refractivity contribution < 1.29 is 0 Å². The van der Waals surface area contributed by atoms with Crippen LogP contribution in [0.2, 0.25) is 0 Å². The zero-order valence-corrected chi connectivity index (χ0v) is 17.5. The van der Waals surface area contributed by atoms with Gasteiger partial charge >= 0.3 is 0 Å². The van der Waals surface area contributed by atoms with E-state index in [-0.39, 0.29) is 0 Å². The summed E-state index contributed by atoms with van der Waals surface area (Å²) in [5.74, 6) is 1.87. The minimum atomic E-state index is 0.762. The third-order valence-electron chi connectivity index (χ3n) is 5.42. The lowest BCUT2D eigenvalue weighted by molar-refractivity contribution is 0.283. The van der Waals surface area contributed by atoms with Gasteiger partial charge in [0.25, 0.3) is 0 Å². The summed E-state index contributed by atoms with van der Waals surface area (Å²) in [6.45, 7) is 7.88. The van der Waals surface area contributed by atoms with Crippen LogP contribution in [0.5, 0.6) is 0 Å². The number of piperazine rings is 1. The second kappa shape index (κ2) is 10.0. The summed E-state index contributed by atoms with van der Waals surface area (Å²) in [6, 6.07) is 21.1. The van der Waals surface area contributed by atoms with Crippen molar-refractivity contribution in [1.82, 2.24) is 14.9 Å². The van der Waals surface area contributed by atoms with E-state index in [4.69, 9.17) is 0 Å². The molecule has 1 N–H and O–H groups in total. The van der Waals surface area contributed by atoms with Gasteiger partial charge in [-0.15, -0.1) is 0 Å². The zero-order valence-electron chi connectivity index (χ0n) is 17.5. The molecule has 0 radical (unpaired) electrons. The maximum Gasteiger partial charge on any atom is 0.134 e. The van der Waals surface area contributed by atoms with E-state index in [1.807, 2.05) is 6.07 Å². The van der Waals surface area contributed by atoms with E-state index in [1.54, 1.807) is 6.33 Å². The highest BCUT2D eigenvalue weighted by Crippen LogP contribution is 2.17. The van der Waals surface area contributed by atoms with Gasteiger partial charge < -0.3 is 10.2 Å². The van der Waals surface area contributed by atoms with E-state index in [1.165, 1.54) is 16.7 Å². The van der Waals surface area contributed by atoms with Crippen molar-refractivity contribution in [3.63, 3.8) is 0 Å². The summed E-state index contributed by atoms with van der Waals surface area (Å²) in [5.41, 5.74) is 3.78. The SMILES string of the molecule is Cc1ccc(CNc2cc(N3CCN(C/C=C/c4ccccc4)CC3)ncn2)cc1. The van der Waals surface area contributed by atoms with Crippen molar-refractivity contribution in [2.45, 2.75) is 13.5 Å². The quantitative estimate of drug-likeness (QED) is 0.644. The second-order valence-corrected chi connectivity index (χ2v) is 7.70. The molecule has 0 atom stereocenters. The van der Waals surface area contributed by atoms with E-state index in [2.05, 4.69) is 98.8 Å². The lowest BCUT2D eigenvalue weighted by Gasteiger charge is -2.34. The number of benzene rings is 2. The molecular weight excluding hydrogens is 370 g/mol. The summed E-state index contributed by atoms with van der Waals surface area (Å²) in [4.78, 5) is 13.7. The fraction of sp³-hybridized carbons (Fsp3) is 0.280. The number of aromatic nitrogens is 2. The Morgan fingerprint density at radius 2 is 1.70 bits per heavy atom. The van der Waals surface area contributed by atoms with Gasteiger partial charge in [-0.25, -0.2) is 9.97 Å². The highest BCUT2D eigenvalue weighted by Gasteiger charge is 2.17. The Morgan fingerprint density at radius 1 is 0.933 bits per heavy atom. The van der Waals surface area contributed by atoms with Gasteiger partial charge in [0.1, 0.15) is 18.0 Å². The average molecular weight is 400 g/mol. The Labute approximate surface area is 179 Å². The maximum atomic E-state index is 4.50. The minimum Gasteiger partial charge on any atom is -0.366 e. The summed E-state index contributed by atoms with van der Waals surface area (Å²) in [7, 11) is 0. The predicted octanol–water partition coefficient (Wildman–Crippen LogP) is 4.23. The van der Waals surface area contributed by atoms with Crippen molar-refractivity contribution >= 4 is 17.7 Å². The van der Waals surface area contributed by atoms with Gasteiger partial charge in [-0.05, 0) is 18.1 Å². The van der Waals surface area contributed by atoms with Crippen LogP contribution in [0.4, 0.5) is 11.6 Å². The van der Waals surface area contributed by atoms with Crippen LogP contribution >= 0.6 is 0 Å². The Balaban J connectivity index is 1.26. The predicted molar refractivity (Wildman–Crippen MR) is 125 cm³/mol. The lowest BCUT2D eigenvalue weighted by Crippen LogP contribution is -2.46. The fourth-order valence-corrected chi connectivity index (χ4v) is 3.58. The van der Waals surface area contributed by atoms with Crippen molar-refractivity contribution in [1.29, 1.82) is 0 Å². The second-order valence-electron chi connectivity index (χ2n) is 7.70. The van der Waals surface area contributed by atoms with Gasteiger partial charge in [-0.3, -0.25) is 4.90 Å². The Hall–Kier alpha value is -3.18. The molecule has 3 aromatic rings. The molecule has 0 amide bonds. The van der Waals surface area contributed by atoms with Crippen molar-refractivity contribution in [3.8, 4) is 0 Å². The number of nitrogens with one attached hydrogen (secondary N) is 1. The normalized spacial score (nSPS) is 14.9. The first kappa shape index (κ1) is 20.1. The van der Waals surface area contributed by atoms with E-state index >= 15 is 0 Å². The first-order valence-electron chi connectivity index (χ1n) is 10.6. The molecule has 0 saturated carbocycles. The average Bonchev–Trinajstić information content (AvgIpc) is 2.80. The molecule has 1 aliphatic heterocycles. The van der Waals surface area contributed by atoms with E-state index in [0.717, 1.165) is 50.9 Å². The standard InChI is InChI=1S/C25H29N5/c1-21-9-11-23(12-10-21)19-26-24-18-25(28-20-27-24)30-16-14-29(15-17-30)13-5-8-22-6-3-2-4-7-22/h2-12,18,20H,13-17,19H2,1H3,(H,26,27,28)/b8-5+. The van der Waals surface area contributed by atoms with Gasteiger partial charge in [0.05, 0.1) is 0 Å². The molecule has 2 heterocycles. The van der Waals surface area contributed by atoms with Crippen LogP contribution in [0.25, 0.3) is 6.08 Å². The van der Waals surface area contributed by atoms with E-state index in [9.17, 15) is 0 Å². The number of aryl methyl sites for hydroxylation is 1. The molecule has 0 spiro atoms. The first-order chi connectivity index (χ1) is 14.8. The molecule has 1 fully saturated rings. The largest absolute Gasteiger partial charge is 0.366 e. The smallest absolute Gasteiger partial charge is 0.134 e. The molecule has 1 aliphatic rings. The van der Waals surface area contributed by atoms with Crippen LogP contribution in [0, 0.1) is 6.92 Å². The van der Waals surface area contributed by atoms with Gasteiger partial charge in [0.2, 0.25) is 0 Å². The van der Waals surface area contributed by atoms with Crippen LogP contribution in [-0.4, -0.2) is 47.6 Å². The molecule has 1 saturated heterocycles. The molecule has 0 aliphatic carbocycles. The summed E-state index contributed by atoms with van der Waals surface area (Å²) < 4.78 is 0. The van der Waals surface area contributed by atoms with Gasteiger partial charge in [-0.2, -0.15) is 0 Å². The number of anilines is 2. The molecule has 0 bridgehead atoms. The lowest BCUT2D eigenvalue weighted by atomic mass is 10.1. The highest BCUT2D eigenvalue weighted by atomic mass is 15.3. The molecule has 154 valence electrons. The van der Waals surface area contributed by atoms with Crippen LogP contribution in [0.3, 0.4) is 0 Å². The number of nitrogens with zero attached hydrogens (tertiary/aromatic N) is 4. The van der Waals surface area contributed by atoms with Crippen LogP contribution < -0.4 is 10.2 Å². The molecule has 0 unspecified atom stereocenters. The number of hydrogen-bond donors (Lipinski definition) is 1.